The Morgan fingerprint density at radius 2 is 1.72 bits per heavy atom. The van der Waals surface area contributed by atoms with Gasteiger partial charge in [-0.3, -0.25) is 9.88 Å². The van der Waals surface area contributed by atoms with Gasteiger partial charge in [-0.2, -0.15) is 13.2 Å². The third kappa shape index (κ3) is 5.99. The standard InChI is InChI=1S/C17H20F3N3.2ClH/c18-17(19,20)8-7-16(23-11-9-21-10-12-23)15-6-5-13-3-1-2-4-14(13)22-15;;/h1-6,16,21H,7-12H2;2*1H/t16-;;/m1../s1. The molecule has 2 aromatic rings. The fourth-order valence-electron chi connectivity index (χ4n) is 3.08. The van der Waals surface area contributed by atoms with Gasteiger partial charge in [0.15, 0.2) is 0 Å². The van der Waals surface area contributed by atoms with E-state index in [4.69, 9.17) is 0 Å². The lowest BCUT2D eigenvalue weighted by atomic mass is 10.0. The third-order valence-corrected chi connectivity index (χ3v) is 4.25. The van der Waals surface area contributed by atoms with E-state index in [2.05, 4.69) is 15.2 Å². The number of piperazine rings is 1. The molecule has 1 aliphatic rings. The van der Waals surface area contributed by atoms with Crippen molar-refractivity contribution in [3.05, 3.63) is 42.1 Å². The van der Waals surface area contributed by atoms with Crippen LogP contribution in [0.3, 0.4) is 0 Å². The molecule has 25 heavy (non-hydrogen) atoms. The molecule has 0 saturated carbocycles. The van der Waals surface area contributed by atoms with Gasteiger partial charge in [0.2, 0.25) is 0 Å². The average Bonchev–Trinajstić information content (AvgIpc) is 2.55. The van der Waals surface area contributed by atoms with E-state index in [1.165, 1.54) is 0 Å². The lowest BCUT2D eigenvalue weighted by molar-refractivity contribution is -0.138. The molecule has 1 aliphatic heterocycles. The molecule has 0 radical (unpaired) electrons. The maximum Gasteiger partial charge on any atom is 0.389 e. The summed E-state index contributed by atoms with van der Waals surface area (Å²) in [6.45, 7) is 3.10. The molecule has 140 valence electrons. The van der Waals surface area contributed by atoms with Crippen molar-refractivity contribution in [2.75, 3.05) is 26.2 Å². The van der Waals surface area contributed by atoms with E-state index in [-0.39, 0.29) is 37.3 Å². The number of benzene rings is 1. The maximum atomic E-state index is 12.7. The minimum Gasteiger partial charge on any atom is -0.314 e. The lowest BCUT2D eigenvalue weighted by Crippen LogP contribution is -2.45. The SMILES string of the molecule is Cl.Cl.FC(F)(F)CC[C@H](c1ccc2ccccc2n1)N1CCNCC1. The summed E-state index contributed by atoms with van der Waals surface area (Å²) in [7, 11) is 0. The van der Waals surface area contributed by atoms with Crippen LogP contribution in [0.2, 0.25) is 0 Å². The minimum absolute atomic E-state index is 0. The van der Waals surface area contributed by atoms with E-state index >= 15 is 0 Å². The van der Waals surface area contributed by atoms with E-state index < -0.39 is 12.6 Å². The summed E-state index contributed by atoms with van der Waals surface area (Å²) in [4.78, 5) is 6.73. The molecular formula is C17H22Cl2F3N3. The molecule has 0 unspecified atom stereocenters. The number of para-hydroxylation sites is 1. The van der Waals surface area contributed by atoms with E-state index in [9.17, 15) is 13.2 Å². The number of halogens is 5. The highest BCUT2D eigenvalue weighted by atomic mass is 35.5. The summed E-state index contributed by atoms with van der Waals surface area (Å²) in [5, 5.41) is 4.24. The molecule has 1 aromatic heterocycles. The quantitative estimate of drug-likeness (QED) is 0.832. The van der Waals surface area contributed by atoms with Crippen LogP contribution < -0.4 is 5.32 Å². The predicted octanol–water partition coefficient (Wildman–Crippen LogP) is 4.37. The molecule has 2 heterocycles. The van der Waals surface area contributed by atoms with Crippen LogP contribution in [-0.2, 0) is 0 Å². The number of rotatable bonds is 4. The fourth-order valence-corrected chi connectivity index (χ4v) is 3.08. The van der Waals surface area contributed by atoms with Crippen molar-refractivity contribution in [3.63, 3.8) is 0 Å². The van der Waals surface area contributed by atoms with E-state index in [0.717, 1.165) is 42.8 Å². The summed E-state index contributed by atoms with van der Waals surface area (Å²) < 4.78 is 38.1. The van der Waals surface area contributed by atoms with Crippen molar-refractivity contribution in [2.45, 2.75) is 25.1 Å². The summed E-state index contributed by atoms with van der Waals surface area (Å²) in [5.41, 5.74) is 1.56. The first-order chi connectivity index (χ1) is 11.0. The number of nitrogens with zero attached hydrogens (tertiary/aromatic N) is 2. The Kier molecular flexibility index (Phi) is 8.41. The van der Waals surface area contributed by atoms with Gasteiger partial charge >= 0.3 is 6.18 Å². The van der Waals surface area contributed by atoms with Gasteiger partial charge in [0.25, 0.3) is 0 Å². The number of hydrogen-bond donors (Lipinski definition) is 1. The van der Waals surface area contributed by atoms with Crippen LogP contribution in [0.1, 0.15) is 24.6 Å². The van der Waals surface area contributed by atoms with Crippen molar-refractivity contribution in [2.24, 2.45) is 0 Å². The molecule has 1 saturated heterocycles. The second kappa shape index (κ2) is 9.57. The Morgan fingerprint density at radius 3 is 2.40 bits per heavy atom. The van der Waals surface area contributed by atoms with Crippen molar-refractivity contribution < 1.29 is 13.2 Å². The second-order valence-electron chi connectivity index (χ2n) is 5.88. The van der Waals surface area contributed by atoms with Gasteiger partial charge in [-0.05, 0) is 18.6 Å². The van der Waals surface area contributed by atoms with E-state index in [1.807, 2.05) is 36.4 Å². The van der Waals surface area contributed by atoms with Crippen molar-refractivity contribution in [3.8, 4) is 0 Å². The zero-order valence-corrected chi connectivity index (χ0v) is 15.3. The molecule has 0 bridgehead atoms. The van der Waals surface area contributed by atoms with Gasteiger partial charge in [-0.25, -0.2) is 0 Å². The Labute approximate surface area is 157 Å². The third-order valence-electron chi connectivity index (χ3n) is 4.25. The summed E-state index contributed by atoms with van der Waals surface area (Å²) >= 11 is 0. The van der Waals surface area contributed by atoms with E-state index in [1.54, 1.807) is 0 Å². The number of fused-ring (bicyclic) bond motifs is 1. The number of alkyl halides is 3. The summed E-state index contributed by atoms with van der Waals surface area (Å²) in [5.74, 6) is 0. The number of hydrogen-bond acceptors (Lipinski definition) is 3. The molecule has 1 N–H and O–H groups in total. The van der Waals surface area contributed by atoms with Gasteiger partial charge in [-0.1, -0.05) is 24.3 Å². The first kappa shape index (κ1) is 22.0. The van der Waals surface area contributed by atoms with Crippen LogP contribution in [0, 0.1) is 0 Å². The molecule has 0 spiro atoms. The molecular weight excluding hydrogens is 374 g/mol. The highest BCUT2D eigenvalue weighted by molar-refractivity contribution is 5.85. The molecule has 3 nitrogen and oxygen atoms in total. The van der Waals surface area contributed by atoms with Crippen molar-refractivity contribution in [1.29, 1.82) is 0 Å². The van der Waals surface area contributed by atoms with Gasteiger partial charge < -0.3 is 5.32 Å². The highest BCUT2D eigenvalue weighted by Crippen LogP contribution is 2.31. The number of aromatic nitrogens is 1. The zero-order valence-electron chi connectivity index (χ0n) is 13.6. The van der Waals surface area contributed by atoms with Gasteiger partial charge in [0, 0.05) is 38.0 Å². The smallest absolute Gasteiger partial charge is 0.314 e. The van der Waals surface area contributed by atoms with Gasteiger partial charge in [0.05, 0.1) is 17.3 Å². The highest BCUT2D eigenvalue weighted by Gasteiger charge is 2.31. The van der Waals surface area contributed by atoms with E-state index in [0.29, 0.717) is 0 Å². The molecule has 1 aromatic carbocycles. The fraction of sp³-hybridized carbons (Fsp3) is 0.471. The lowest BCUT2D eigenvalue weighted by Gasteiger charge is -2.35. The Bertz CT molecular complexity index is 661. The molecule has 3 rings (SSSR count). The predicted molar refractivity (Wildman–Crippen MR) is 98.7 cm³/mol. The Morgan fingerprint density at radius 1 is 1.04 bits per heavy atom. The molecule has 0 amide bonds. The monoisotopic (exact) mass is 395 g/mol. The van der Waals surface area contributed by atoms with Crippen LogP contribution in [0.25, 0.3) is 10.9 Å². The maximum absolute atomic E-state index is 12.7. The van der Waals surface area contributed by atoms with Crippen LogP contribution in [0.15, 0.2) is 36.4 Å². The van der Waals surface area contributed by atoms with Crippen LogP contribution in [-0.4, -0.2) is 42.2 Å². The van der Waals surface area contributed by atoms with Crippen LogP contribution in [0.5, 0.6) is 0 Å². The normalized spacial score (nSPS) is 16.8. The summed E-state index contributed by atoms with van der Waals surface area (Å²) in [6, 6.07) is 11.2. The molecule has 1 atom stereocenters. The molecule has 0 aliphatic carbocycles. The first-order valence-corrected chi connectivity index (χ1v) is 7.90. The number of nitrogens with one attached hydrogen (secondary N) is 1. The Hall–Kier alpha value is -1.08. The first-order valence-electron chi connectivity index (χ1n) is 7.90. The van der Waals surface area contributed by atoms with Crippen LogP contribution in [0.4, 0.5) is 13.2 Å². The van der Waals surface area contributed by atoms with Crippen molar-refractivity contribution >= 4 is 35.7 Å². The summed E-state index contributed by atoms with van der Waals surface area (Å²) in [6.07, 6.45) is -4.87. The topological polar surface area (TPSA) is 28.2 Å². The molecule has 1 fully saturated rings. The number of pyridine rings is 1. The van der Waals surface area contributed by atoms with Gasteiger partial charge in [0.1, 0.15) is 0 Å². The average molecular weight is 396 g/mol. The Balaban J connectivity index is 0.00000156. The van der Waals surface area contributed by atoms with Crippen molar-refractivity contribution in [1.82, 2.24) is 15.2 Å². The second-order valence-corrected chi connectivity index (χ2v) is 5.88. The molecule has 8 heteroatoms. The van der Waals surface area contributed by atoms with Crippen LogP contribution >= 0.6 is 24.8 Å². The zero-order chi connectivity index (χ0) is 16.3. The largest absolute Gasteiger partial charge is 0.389 e. The minimum atomic E-state index is -4.14. The van der Waals surface area contributed by atoms with Gasteiger partial charge in [-0.15, -0.1) is 24.8 Å².